The molecule has 2 fully saturated rings. The topological polar surface area (TPSA) is 176 Å². The number of imidazole rings is 1. The molecule has 0 aliphatic carbocycles. The van der Waals surface area contributed by atoms with E-state index in [9.17, 15) is 15.3 Å². The summed E-state index contributed by atoms with van der Waals surface area (Å²) < 4.78 is 7.73. The van der Waals surface area contributed by atoms with E-state index in [1.807, 2.05) is 37.3 Å². The molecule has 0 bridgehead atoms. The Kier molecular flexibility index (Phi) is 8.00. The molecule has 2 saturated heterocycles. The van der Waals surface area contributed by atoms with Crippen molar-refractivity contribution in [1.82, 2.24) is 44.6 Å². The predicted molar refractivity (Wildman–Crippen MR) is 153 cm³/mol. The number of fused-ring (bicyclic) bond motifs is 1. The minimum Gasteiger partial charge on any atom is -0.394 e. The van der Waals surface area contributed by atoms with Gasteiger partial charge < -0.3 is 35.2 Å². The van der Waals surface area contributed by atoms with Crippen molar-refractivity contribution in [1.29, 1.82) is 0 Å². The summed E-state index contributed by atoms with van der Waals surface area (Å²) in [4.78, 5) is 20.0. The van der Waals surface area contributed by atoms with E-state index in [0.29, 0.717) is 41.9 Å². The maximum atomic E-state index is 11.1. The quantitative estimate of drug-likeness (QED) is 0.197. The Morgan fingerprint density at radius 1 is 1.14 bits per heavy atom. The van der Waals surface area contributed by atoms with Crippen LogP contribution in [0.3, 0.4) is 0 Å². The second kappa shape index (κ2) is 11.9. The van der Waals surface area contributed by atoms with Gasteiger partial charge in [0.25, 0.3) is 0 Å². The van der Waals surface area contributed by atoms with Gasteiger partial charge in [0.05, 0.1) is 25.5 Å². The number of tetrazole rings is 1. The van der Waals surface area contributed by atoms with E-state index >= 15 is 0 Å². The fourth-order valence-electron chi connectivity index (χ4n) is 5.54. The number of nitrogens with zero attached hydrogens (tertiary/aromatic N) is 10. The van der Waals surface area contributed by atoms with Crippen LogP contribution in [0.1, 0.15) is 37.1 Å². The average molecular weight is 580 g/mol. The van der Waals surface area contributed by atoms with Gasteiger partial charge in [-0.15, -0.1) is 10.2 Å². The summed E-state index contributed by atoms with van der Waals surface area (Å²) in [5, 5.41) is 47.8. The third-order valence-corrected chi connectivity index (χ3v) is 7.99. The van der Waals surface area contributed by atoms with Gasteiger partial charge in [-0.05, 0) is 44.6 Å². The van der Waals surface area contributed by atoms with Gasteiger partial charge in [0.2, 0.25) is 11.8 Å². The molecule has 0 radical (unpaired) electrons. The normalized spacial score (nSPS) is 25.1. The van der Waals surface area contributed by atoms with Crippen molar-refractivity contribution < 1.29 is 20.1 Å². The van der Waals surface area contributed by atoms with Crippen LogP contribution in [0.15, 0.2) is 36.7 Å². The summed E-state index contributed by atoms with van der Waals surface area (Å²) in [6.45, 7) is 3.79. The molecule has 0 unspecified atom stereocenters. The number of rotatable bonds is 10. The van der Waals surface area contributed by atoms with Gasteiger partial charge >= 0.3 is 0 Å². The van der Waals surface area contributed by atoms with Gasteiger partial charge in [-0.3, -0.25) is 4.57 Å². The van der Waals surface area contributed by atoms with Crippen molar-refractivity contribution in [3.63, 3.8) is 0 Å². The highest BCUT2D eigenvalue weighted by Gasteiger charge is 2.47. The van der Waals surface area contributed by atoms with Crippen LogP contribution in [-0.4, -0.2) is 118 Å². The maximum absolute atomic E-state index is 11.1. The molecule has 4 aromatic rings. The van der Waals surface area contributed by atoms with Gasteiger partial charge in [-0.1, -0.05) is 30.3 Å². The fourth-order valence-corrected chi connectivity index (χ4v) is 5.54. The molecule has 2 aliphatic heterocycles. The van der Waals surface area contributed by atoms with Gasteiger partial charge in [-0.2, -0.15) is 14.8 Å². The molecule has 0 amide bonds. The summed E-state index contributed by atoms with van der Waals surface area (Å²) in [5.74, 6) is 1.16. The largest absolute Gasteiger partial charge is 0.394 e. The van der Waals surface area contributed by atoms with Gasteiger partial charge in [-0.25, -0.2) is 4.98 Å². The summed E-state index contributed by atoms with van der Waals surface area (Å²) in [7, 11) is 4.12. The van der Waals surface area contributed by atoms with Crippen LogP contribution < -0.4 is 10.2 Å². The molecule has 6 rings (SSSR count). The lowest BCUT2D eigenvalue weighted by Gasteiger charge is -2.23. The molecular weight excluding hydrogens is 542 g/mol. The van der Waals surface area contributed by atoms with E-state index in [0.717, 1.165) is 25.1 Å². The number of aromatic nitrogens is 8. The standard InChI is InChI=1S/C27H37N11O4/c1-4-38-33-24(32-34-38)22-20(40)21(41)26(42-22)37-15-28-19-23(29-17(14-39)12-16-8-6-5-7-9-16)30-27(31-25(19)37)36-11-10-18(13-36)35(2)3/h5-9,15,17-18,20-22,26,39-41H,4,10-14H2,1-3H3,(H,29,30,31)/t17-,18+,20-,21+,22-,26+/m0/s1. The number of nitrogens with one attached hydrogen (secondary N) is 1. The number of hydrogen-bond donors (Lipinski definition) is 4. The number of aliphatic hydroxyl groups is 3. The van der Waals surface area contributed by atoms with Crippen LogP contribution in [0.2, 0.25) is 0 Å². The lowest BCUT2D eigenvalue weighted by atomic mass is 10.1. The fraction of sp³-hybridized carbons (Fsp3) is 0.556. The zero-order valence-electron chi connectivity index (χ0n) is 23.9. The van der Waals surface area contributed by atoms with Crippen molar-refractivity contribution in [3.05, 3.63) is 48.0 Å². The molecule has 0 spiro atoms. The first kappa shape index (κ1) is 28.4. The highest BCUT2D eigenvalue weighted by molar-refractivity contribution is 5.84. The Morgan fingerprint density at radius 2 is 1.95 bits per heavy atom. The van der Waals surface area contributed by atoms with Crippen molar-refractivity contribution in [2.45, 2.75) is 62.9 Å². The monoisotopic (exact) mass is 579 g/mol. The first-order chi connectivity index (χ1) is 20.4. The minimum atomic E-state index is -1.30. The molecule has 2 aliphatic rings. The highest BCUT2D eigenvalue weighted by atomic mass is 16.6. The third kappa shape index (κ3) is 5.41. The van der Waals surface area contributed by atoms with E-state index in [1.165, 1.54) is 11.1 Å². The first-order valence-electron chi connectivity index (χ1n) is 14.2. The van der Waals surface area contributed by atoms with E-state index in [-0.39, 0.29) is 18.5 Å². The van der Waals surface area contributed by atoms with Crippen molar-refractivity contribution in [3.8, 4) is 0 Å². The second-order valence-corrected chi connectivity index (χ2v) is 11.0. The van der Waals surface area contributed by atoms with Crippen LogP contribution in [0.5, 0.6) is 0 Å². The number of likely N-dealkylation sites (N-methyl/N-ethyl adjacent to an activating group) is 1. The summed E-state index contributed by atoms with van der Waals surface area (Å²) in [6, 6.07) is 9.94. The zero-order chi connectivity index (χ0) is 29.4. The van der Waals surface area contributed by atoms with Gasteiger partial charge in [0.1, 0.15) is 12.2 Å². The average Bonchev–Trinajstić information content (AvgIpc) is 3.80. The number of benzene rings is 1. The molecule has 5 heterocycles. The molecule has 1 aromatic carbocycles. The first-order valence-corrected chi connectivity index (χ1v) is 14.2. The van der Waals surface area contributed by atoms with Crippen LogP contribution >= 0.6 is 0 Å². The summed E-state index contributed by atoms with van der Waals surface area (Å²) in [6.07, 6.45) is -1.52. The van der Waals surface area contributed by atoms with Crippen molar-refractivity contribution in [2.24, 2.45) is 0 Å². The van der Waals surface area contributed by atoms with E-state index in [2.05, 4.69) is 49.6 Å². The SMILES string of the molecule is CCn1nnc([C@H]2O[C@@H](n3cnc4c(N[C@H](CO)Cc5ccccc5)nc(N5CC[C@@H](N(C)C)C5)nc43)[C@H](O)[C@@H]2O)n1. The van der Waals surface area contributed by atoms with E-state index in [4.69, 9.17) is 14.7 Å². The Labute approximate surface area is 242 Å². The minimum absolute atomic E-state index is 0.118. The Balaban J connectivity index is 1.36. The molecule has 6 atom stereocenters. The highest BCUT2D eigenvalue weighted by Crippen LogP contribution is 2.39. The Bertz CT molecular complexity index is 1500. The lowest BCUT2D eigenvalue weighted by Crippen LogP contribution is -2.32. The molecule has 42 heavy (non-hydrogen) atoms. The Morgan fingerprint density at radius 3 is 2.64 bits per heavy atom. The smallest absolute Gasteiger partial charge is 0.229 e. The third-order valence-electron chi connectivity index (χ3n) is 7.99. The second-order valence-electron chi connectivity index (χ2n) is 11.0. The molecule has 3 aromatic heterocycles. The predicted octanol–water partition coefficient (Wildman–Crippen LogP) is -0.0196. The molecule has 4 N–H and O–H groups in total. The van der Waals surface area contributed by atoms with E-state index < -0.39 is 24.5 Å². The number of aryl methyl sites for hydroxylation is 1. The van der Waals surface area contributed by atoms with Crippen LogP contribution in [0.25, 0.3) is 11.2 Å². The summed E-state index contributed by atoms with van der Waals surface area (Å²) in [5.41, 5.74) is 1.95. The molecule has 0 saturated carbocycles. The van der Waals surface area contributed by atoms with Crippen molar-refractivity contribution >= 4 is 22.9 Å². The zero-order valence-corrected chi connectivity index (χ0v) is 23.9. The molecule has 15 nitrogen and oxygen atoms in total. The Hall–Kier alpha value is -3.76. The van der Waals surface area contributed by atoms with Gasteiger partial charge in [0.15, 0.2) is 29.3 Å². The molecule has 224 valence electrons. The van der Waals surface area contributed by atoms with Crippen LogP contribution in [-0.2, 0) is 17.7 Å². The molecular formula is C27H37N11O4. The van der Waals surface area contributed by atoms with Crippen LogP contribution in [0, 0.1) is 0 Å². The number of anilines is 2. The number of ether oxygens (including phenoxy) is 1. The number of hydrogen-bond acceptors (Lipinski definition) is 13. The lowest BCUT2D eigenvalue weighted by molar-refractivity contribution is -0.0384. The van der Waals surface area contributed by atoms with E-state index in [1.54, 1.807) is 4.57 Å². The van der Waals surface area contributed by atoms with Gasteiger partial charge in [0, 0.05) is 19.1 Å². The summed E-state index contributed by atoms with van der Waals surface area (Å²) >= 11 is 0. The number of aliphatic hydroxyl groups excluding tert-OH is 3. The van der Waals surface area contributed by atoms with Crippen LogP contribution in [0.4, 0.5) is 11.8 Å². The van der Waals surface area contributed by atoms with Crippen molar-refractivity contribution in [2.75, 3.05) is 44.0 Å². The molecule has 15 heteroatoms. The maximum Gasteiger partial charge on any atom is 0.229 e.